The van der Waals surface area contributed by atoms with Gasteiger partial charge in [-0.25, -0.2) is 0 Å². The second-order valence-corrected chi connectivity index (χ2v) is 4.92. The van der Waals surface area contributed by atoms with E-state index in [1.54, 1.807) is 7.11 Å². The summed E-state index contributed by atoms with van der Waals surface area (Å²) in [7, 11) is 1.71. The zero-order valence-corrected chi connectivity index (χ0v) is 11.5. The fraction of sp³-hybridized carbons (Fsp3) is 0.600. The van der Waals surface area contributed by atoms with E-state index in [-0.39, 0.29) is 0 Å². The first-order valence-corrected chi connectivity index (χ1v) is 6.91. The highest BCUT2D eigenvalue weighted by atomic mass is 16.5. The van der Waals surface area contributed by atoms with Crippen molar-refractivity contribution in [2.24, 2.45) is 0 Å². The summed E-state index contributed by atoms with van der Waals surface area (Å²) < 4.78 is 5.19. The van der Waals surface area contributed by atoms with Crippen LogP contribution in [-0.4, -0.2) is 37.7 Å². The molecule has 1 heterocycles. The Hall–Kier alpha value is -1.06. The molecule has 1 saturated heterocycles. The third-order valence-corrected chi connectivity index (χ3v) is 3.67. The highest BCUT2D eigenvalue weighted by Crippen LogP contribution is 2.20. The smallest absolute Gasteiger partial charge is 0.118 e. The first-order valence-electron chi connectivity index (χ1n) is 6.91. The van der Waals surface area contributed by atoms with E-state index in [1.807, 2.05) is 12.1 Å². The number of methoxy groups -OCH3 is 1. The van der Waals surface area contributed by atoms with Crippen LogP contribution in [0.25, 0.3) is 0 Å². The van der Waals surface area contributed by atoms with E-state index in [0.717, 1.165) is 25.4 Å². The van der Waals surface area contributed by atoms with Gasteiger partial charge in [0.2, 0.25) is 0 Å². The molecule has 1 N–H and O–H groups in total. The molecule has 0 aliphatic carbocycles. The van der Waals surface area contributed by atoms with Crippen LogP contribution >= 0.6 is 0 Å². The molecule has 1 unspecified atom stereocenters. The van der Waals surface area contributed by atoms with Crippen molar-refractivity contribution in [2.45, 2.75) is 32.4 Å². The Bertz CT molecular complexity index is 350. The van der Waals surface area contributed by atoms with Gasteiger partial charge in [0, 0.05) is 19.1 Å². The molecule has 2 rings (SSSR count). The lowest BCUT2D eigenvalue weighted by molar-refractivity contribution is 0.240. The molecular weight excluding hydrogens is 224 g/mol. The molecule has 1 aromatic carbocycles. The molecule has 0 spiro atoms. The van der Waals surface area contributed by atoms with Gasteiger partial charge in [-0.1, -0.05) is 19.1 Å². The van der Waals surface area contributed by atoms with E-state index >= 15 is 0 Å². The second kappa shape index (κ2) is 6.76. The van der Waals surface area contributed by atoms with Crippen LogP contribution in [0.4, 0.5) is 0 Å². The number of hydrogen-bond donors (Lipinski definition) is 1. The standard InChI is InChI=1S/C15H24N2O/c1-3-16-11-14-5-4-10-17(14)12-13-6-8-15(18-2)9-7-13/h6-9,14,16H,3-5,10-12H2,1-2H3. The first kappa shape index (κ1) is 13.4. The van der Waals surface area contributed by atoms with E-state index in [9.17, 15) is 0 Å². The molecule has 0 aromatic heterocycles. The maximum absolute atomic E-state index is 5.19. The number of hydrogen-bond acceptors (Lipinski definition) is 3. The summed E-state index contributed by atoms with van der Waals surface area (Å²) in [6.07, 6.45) is 2.65. The van der Waals surface area contributed by atoms with Gasteiger partial charge in [-0.05, 0) is 43.6 Å². The number of likely N-dealkylation sites (tertiary alicyclic amines) is 1. The molecule has 100 valence electrons. The van der Waals surface area contributed by atoms with E-state index < -0.39 is 0 Å². The third kappa shape index (κ3) is 3.47. The SMILES string of the molecule is CCNCC1CCCN1Cc1ccc(OC)cc1. The molecule has 1 aliphatic heterocycles. The average molecular weight is 248 g/mol. The second-order valence-electron chi connectivity index (χ2n) is 4.92. The van der Waals surface area contributed by atoms with E-state index in [4.69, 9.17) is 4.74 Å². The summed E-state index contributed by atoms with van der Waals surface area (Å²) >= 11 is 0. The van der Waals surface area contributed by atoms with Gasteiger partial charge in [0.1, 0.15) is 5.75 Å². The fourth-order valence-corrected chi connectivity index (χ4v) is 2.61. The lowest BCUT2D eigenvalue weighted by atomic mass is 10.1. The molecule has 1 atom stereocenters. The Morgan fingerprint density at radius 1 is 1.33 bits per heavy atom. The minimum absolute atomic E-state index is 0.701. The molecule has 1 aromatic rings. The van der Waals surface area contributed by atoms with Crippen LogP contribution in [0.15, 0.2) is 24.3 Å². The molecule has 0 radical (unpaired) electrons. The summed E-state index contributed by atoms with van der Waals surface area (Å²) in [5, 5.41) is 3.46. The van der Waals surface area contributed by atoms with Crippen LogP contribution in [-0.2, 0) is 6.54 Å². The molecule has 18 heavy (non-hydrogen) atoms. The Morgan fingerprint density at radius 3 is 2.78 bits per heavy atom. The molecule has 3 heteroatoms. The van der Waals surface area contributed by atoms with Crippen LogP contribution in [0.3, 0.4) is 0 Å². The number of nitrogens with one attached hydrogen (secondary N) is 1. The lowest BCUT2D eigenvalue weighted by Gasteiger charge is -2.24. The van der Waals surface area contributed by atoms with Gasteiger partial charge in [-0.2, -0.15) is 0 Å². The maximum Gasteiger partial charge on any atom is 0.118 e. The average Bonchev–Trinajstić information content (AvgIpc) is 2.84. The van der Waals surface area contributed by atoms with Crippen molar-refractivity contribution in [3.05, 3.63) is 29.8 Å². The van der Waals surface area contributed by atoms with Crippen molar-refractivity contribution in [2.75, 3.05) is 26.7 Å². The zero-order valence-electron chi connectivity index (χ0n) is 11.5. The third-order valence-electron chi connectivity index (χ3n) is 3.67. The Labute approximate surface area is 110 Å². The van der Waals surface area contributed by atoms with Gasteiger partial charge < -0.3 is 10.1 Å². The summed E-state index contributed by atoms with van der Waals surface area (Å²) in [6.45, 7) is 6.63. The van der Waals surface area contributed by atoms with Gasteiger partial charge in [0.05, 0.1) is 7.11 Å². The van der Waals surface area contributed by atoms with Gasteiger partial charge >= 0.3 is 0 Å². The summed E-state index contributed by atoms with van der Waals surface area (Å²) in [5.74, 6) is 0.935. The van der Waals surface area contributed by atoms with Crippen molar-refractivity contribution in [1.82, 2.24) is 10.2 Å². The number of rotatable bonds is 6. The van der Waals surface area contributed by atoms with Gasteiger partial charge in [-0.3, -0.25) is 4.90 Å². The van der Waals surface area contributed by atoms with Crippen molar-refractivity contribution in [1.29, 1.82) is 0 Å². The Morgan fingerprint density at radius 2 is 2.11 bits per heavy atom. The largest absolute Gasteiger partial charge is 0.497 e. The predicted molar refractivity (Wildman–Crippen MR) is 75.0 cm³/mol. The molecule has 0 amide bonds. The van der Waals surface area contributed by atoms with E-state index in [0.29, 0.717) is 6.04 Å². The Balaban J connectivity index is 1.90. The van der Waals surface area contributed by atoms with Crippen molar-refractivity contribution in [3.63, 3.8) is 0 Å². The first-order chi connectivity index (χ1) is 8.83. The number of ether oxygens (including phenoxy) is 1. The monoisotopic (exact) mass is 248 g/mol. The van der Waals surface area contributed by atoms with Crippen molar-refractivity contribution in [3.8, 4) is 5.75 Å². The minimum atomic E-state index is 0.701. The molecule has 0 bridgehead atoms. The predicted octanol–water partition coefficient (Wildman–Crippen LogP) is 2.27. The molecular formula is C15H24N2O. The van der Waals surface area contributed by atoms with Crippen molar-refractivity contribution >= 4 is 0 Å². The number of benzene rings is 1. The normalized spacial score (nSPS) is 20.2. The lowest BCUT2D eigenvalue weighted by Crippen LogP contribution is -2.37. The quantitative estimate of drug-likeness (QED) is 0.836. The summed E-state index contributed by atoms with van der Waals surface area (Å²) in [6, 6.07) is 9.13. The highest BCUT2D eigenvalue weighted by molar-refractivity contribution is 5.27. The summed E-state index contributed by atoms with van der Waals surface area (Å²) in [5.41, 5.74) is 1.37. The Kier molecular flexibility index (Phi) is 5.02. The van der Waals surface area contributed by atoms with Crippen LogP contribution in [0.5, 0.6) is 5.75 Å². The summed E-state index contributed by atoms with van der Waals surface area (Å²) in [4.78, 5) is 2.59. The molecule has 3 nitrogen and oxygen atoms in total. The topological polar surface area (TPSA) is 24.5 Å². The van der Waals surface area contributed by atoms with Crippen LogP contribution in [0.1, 0.15) is 25.3 Å². The highest BCUT2D eigenvalue weighted by Gasteiger charge is 2.23. The molecule has 0 saturated carbocycles. The number of likely N-dealkylation sites (N-methyl/N-ethyl adjacent to an activating group) is 1. The van der Waals surface area contributed by atoms with E-state index in [1.165, 1.54) is 24.9 Å². The van der Waals surface area contributed by atoms with Crippen LogP contribution < -0.4 is 10.1 Å². The van der Waals surface area contributed by atoms with Gasteiger partial charge in [0.25, 0.3) is 0 Å². The van der Waals surface area contributed by atoms with Gasteiger partial charge in [0.15, 0.2) is 0 Å². The molecule has 1 fully saturated rings. The van der Waals surface area contributed by atoms with Gasteiger partial charge in [-0.15, -0.1) is 0 Å². The van der Waals surface area contributed by atoms with Crippen LogP contribution in [0, 0.1) is 0 Å². The fourth-order valence-electron chi connectivity index (χ4n) is 2.61. The van der Waals surface area contributed by atoms with Crippen LogP contribution in [0.2, 0.25) is 0 Å². The van der Waals surface area contributed by atoms with E-state index in [2.05, 4.69) is 29.3 Å². The zero-order chi connectivity index (χ0) is 12.8. The number of nitrogens with zero attached hydrogens (tertiary/aromatic N) is 1. The molecule has 1 aliphatic rings. The van der Waals surface area contributed by atoms with Crippen molar-refractivity contribution < 1.29 is 4.74 Å². The minimum Gasteiger partial charge on any atom is -0.497 e. The maximum atomic E-state index is 5.19.